The molecule has 0 spiro atoms. The fourth-order valence-corrected chi connectivity index (χ4v) is 3.28. The second kappa shape index (κ2) is 7.57. The third-order valence-corrected chi connectivity index (χ3v) is 4.94. The summed E-state index contributed by atoms with van der Waals surface area (Å²) in [5, 5.41) is 8.99. The van der Waals surface area contributed by atoms with Crippen molar-refractivity contribution in [1.29, 1.82) is 0 Å². The van der Waals surface area contributed by atoms with E-state index in [4.69, 9.17) is 9.84 Å². The summed E-state index contributed by atoms with van der Waals surface area (Å²) in [5.74, 6) is -0.00439. The minimum atomic E-state index is -0.885. The molecule has 0 radical (unpaired) electrons. The van der Waals surface area contributed by atoms with E-state index in [1.165, 1.54) is 5.56 Å². The molecule has 1 aliphatic heterocycles. The van der Waals surface area contributed by atoms with Crippen molar-refractivity contribution in [1.82, 2.24) is 4.90 Å². The van der Waals surface area contributed by atoms with E-state index in [-0.39, 0.29) is 0 Å². The van der Waals surface area contributed by atoms with Gasteiger partial charge in [-0.1, -0.05) is 12.1 Å². The molecule has 132 valence electrons. The number of carbonyl (C=O) groups is 1. The van der Waals surface area contributed by atoms with Gasteiger partial charge in [-0.05, 0) is 48.9 Å². The molecule has 1 saturated heterocycles. The van der Waals surface area contributed by atoms with Gasteiger partial charge >= 0.3 is 5.97 Å². The zero-order chi connectivity index (χ0) is 17.8. The summed E-state index contributed by atoms with van der Waals surface area (Å²) in [4.78, 5) is 15.7. The maximum Gasteiger partial charge on any atom is 0.335 e. The number of anilines is 1. The predicted octanol–water partition coefficient (Wildman–Crippen LogP) is 3.28. The first kappa shape index (κ1) is 17.3. The molecule has 1 heterocycles. The van der Waals surface area contributed by atoms with E-state index in [1.807, 2.05) is 24.3 Å². The molecule has 0 saturated carbocycles. The van der Waals surface area contributed by atoms with Crippen molar-refractivity contribution in [2.24, 2.45) is 0 Å². The van der Waals surface area contributed by atoms with Crippen LogP contribution in [0.15, 0.2) is 48.5 Å². The van der Waals surface area contributed by atoms with Crippen molar-refractivity contribution in [3.05, 3.63) is 59.7 Å². The van der Waals surface area contributed by atoms with Crippen LogP contribution in [0.25, 0.3) is 0 Å². The number of nitrogens with zero attached hydrogens (tertiary/aromatic N) is 2. The molecule has 5 heteroatoms. The highest BCUT2D eigenvalue weighted by atomic mass is 16.5. The van der Waals surface area contributed by atoms with Crippen molar-refractivity contribution < 1.29 is 14.6 Å². The fraction of sp³-hybridized carbons (Fsp3) is 0.350. The molecule has 2 aromatic rings. The molecule has 2 aromatic carbocycles. The Hall–Kier alpha value is -2.53. The Morgan fingerprint density at radius 2 is 1.60 bits per heavy atom. The number of carboxylic acids is 1. The van der Waals surface area contributed by atoms with Crippen LogP contribution in [0.4, 0.5) is 5.69 Å². The van der Waals surface area contributed by atoms with Crippen molar-refractivity contribution in [3.8, 4) is 5.75 Å². The van der Waals surface area contributed by atoms with Gasteiger partial charge in [-0.25, -0.2) is 4.79 Å². The van der Waals surface area contributed by atoms with Crippen molar-refractivity contribution in [3.63, 3.8) is 0 Å². The van der Waals surface area contributed by atoms with Gasteiger partial charge in [-0.2, -0.15) is 0 Å². The second-order valence-electron chi connectivity index (χ2n) is 6.32. The number of benzene rings is 2. The van der Waals surface area contributed by atoms with Gasteiger partial charge in [0.2, 0.25) is 0 Å². The number of hydrogen-bond donors (Lipinski definition) is 1. The minimum absolute atomic E-state index is 0.329. The molecule has 1 atom stereocenters. The van der Waals surface area contributed by atoms with Crippen LogP contribution in [0.2, 0.25) is 0 Å². The molecule has 1 aliphatic rings. The van der Waals surface area contributed by atoms with Crippen LogP contribution >= 0.6 is 0 Å². The lowest BCUT2D eigenvalue weighted by Gasteiger charge is -2.39. The SMILES string of the molecule is COc1ccc(C(C)N2CCN(c3ccc(C(=O)O)cc3)CC2)cc1. The van der Waals surface area contributed by atoms with Crippen LogP contribution in [0.5, 0.6) is 5.75 Å². The first-order valence-corrected chi connectivity index (χ1v) is 8.55. The topological polar surface area (TPSA) is 53.0 Å². The van der Waals surface area contributed by atoms with Gasteiger partial charge in [-0.15, -0.1) is 0 Å². The average Bonchev–Trinajstić information content (AvgIpc) is 2.67. The number of hydrogen-bond acceptors (Lipinski definition) is 4. The molecule has 25 heavy (non-hydrogen) atoms. The van der Waals surface area contributed by atoms with Gasteiger partial charge < -0.3 is 14.7 Å². The second-order valence-corrected chi connectivity index (χ2v) is 6.32. The summed E-state index contributed by atoms with van der Waals surface area (Å²) in [5.41, 5.74) is 2.71. The number of ether oxygens (including phenoxy) is 1. The van der Waals surface area contributed by atoms with Crippen LogP contribution in [-0.2, 0) is 0 Å². The molecule has 0 aliphatic carbocycles. The monoisotopic (exact) mass is 340 g/mol. The highest BCUT2D eigenvalue weighted by Gasteiger charge is 2.22. The molecule has 3 rings (SSSR count). The lowest BCUT2D eigenvalue weighted by molar-refractivity contribution is 0.0697. The molecule has 5 nitrogen and oxygen atoms in total. The first-order valence-electron chi connectivity index (χ1n) is 8.55. The van der Waals surface area contributed by atoms with E-state index in [1.54, 1.807) is 19.2 Å². The molecule has 1 unspecified atom stereocenters. The number of piperazine rings is 1. The fourth-order valence-electron chi connectivity index (χ4n) is 3.28. The summed E-state index contributed by atoms with van der Waals surface area (Å²) in [6.07, 6.45) is 0. The standard InChI is InChI=1S/C20H24N2O3/c1-15(16-5-9-19(25-2)10-6-16)21-11-13-22(14-12-21)18-7-3-17(4-8-18)20(23)24/h3-10,15H,11-14H2,1-2H3,(H,23,24). The van der Waals surface area contributed by atoms with Crippen LogP contribution in [0, 0.1) is 0 Å². The van der Waals surface area contributed by atoms with E-state index >= 15 is 0 Å². The molecule has 1 N–H and O–H groups in total. The first-order chi connectivity index (χ1) is 12.1. The van der Waals surface area contributed by atoms with Gasteiger partial charge in [0.15, 0.2) is 0 Å². The van der Waals surface area contributed by atoms with Gasteiger partial charge in [0, 0.05) is 37.9 Å². The molecular weight excluding hydrogens is 316 g/mol. The van der Waals surface area contributed by atoms with E-state index in [0.29, 0.717) is 11.6 Å². The third kappa shape index (κ3) is 3.94. The number of carboxylic acid groups (broad SMARTS) is 1. The molecule has 1 fully saturated rings. The Morgan fingerprint density at radius 1 is 1.00 bits per heavy atom. The van der Waals surface area contributed by atoms with E-state index in [2.05, 4.69) is 28.9 Å². The quantitative estimate of drug-likeness (QED) is 0.905. The highest BCUT2D eigenvalue weighted by Crippen LogP contribution is 2.25. The van der Waals surface area contributed by atoms with E-state index in [0.717, 1.165) is 37.6 Å². The van der Waals surface area contributed by atoms with Crippen LogP contribution in [0.1, 0.15) is 28.9 Å². The molecule has 0 aromatic heterocycles. The molecular formula is C20H24N2O3. The summed E-state index contributed by atoms with van der Waals surface area (Å²) >= 11 is 0. The largest absolute Gasteiger partial charge is 0.497 e. The van der Waals surface area contributed by atoms with Crippen molar-refractivity contribution in [2.75, 3.05) is 38.2 Å². The maximum absolute atomic E-state index is 11.0. The minimum Gasteiger partial charge on any atom is -0.497 e. The Bertz CT molecular complexity index is 705. The van der Waals surface area contributed by atoms with Gasteiger partial charge in [-0.3, -0.25) is 4.90 Å². The lowest BCUT2D eigenvalue weighted by atomic mass is 10.1. The molecule has 0 bridgehead atoms. The van der Waals surface area contributed by atoms with Crippen LogP contribution in [0.3, 0.4) is 0 Å². The van der Waals surface area contributed by atoms with E-state index < -0.39 is 5.97 Å². The Kier molecular flexibility index (Phi) is 5.24. The lowest BCUT2D eigenvalue weighted by Crippen LogP contribution is -2.47. The number of methoxy groups -OCH3 is 1. The number of aromatic carboxylic acids is 1. The van der Waals surface area contributed by atoms with Crippen molar-refractivity contribution in [2.45, 2.75) is 13.0 Å². The summed E-state index contributed by atoms with van der Waals surface area (Å²) in [6, 6.07) is 15.8. The van der Waals surface area contributed by atoms with Crippen LogP contribution < -0.4 is 9.64 Å². The van der Waals surface area contributed by atoms with Gasteiger partial charge in [0.05, 0.1) is 12.7 Å². The molecule has 0 amide bonds. The smallest absolute Gasteiger partial charge is 0.335 e. The maximum atomic E-state index is 11.0. The normalized spacial score (nSPS) is 16.5. The Morgan fingerprint density at radius 3 is 2.12 bits per heavy atom. The highest BCUT2D eigenvalue weighted by molar-refractivity contribution is 5.88. The summed E-state index contributed by atoms with van der Waals surface area (Å²) in [7, 11) is 1.68. The average molecular weight is 340 g/mol. The van der Waals surface area contributed by atoms with Gasteiger partial charge in [0.25, 0.3) is 0 Å². The number of rotatable bonds is 5. The van der Waals surface area contributed by atoms with Crippen LogP contribution in [-0.4, -0.2) is 49.3 Å². The van der Waals surface area contributed by atoms with Crippen molar-refractivity contribution >= 4 is 11.7 Å². The Balaban J connectivity index is 1.59. The zero-order valence-corrected chi connectivity index (χ0v) is 14.7. The van der Waals surface area contributed by atoms with Gasteiger partial charge in [0.1, 0.15) is 5.75 Å². The van der Waals surface area contributed by atoms with E-state index in [9.17, 15) is 4.79 Å². The Labute approximate surface area is 148 Å². The summed E-state index contributed by atoms with van der Waals surface area (Å²) < 4.78 is 5.22. The third-order valence-electron chi connectivity index (χ3n) is 4.94. The predicted molar refractivity (Wildman–Crippen MR) is 98.6 cm³/mol. The zero-order valence-electron chi connectivity index (χ0n) is 14.7. The summed E-state index contributed by atoms with van der Waals surface area (Å²) in [6.45, 7) is 6.07.